The van der Waals surface area contributed by atoms with E-state index >= 15 is 0 Å². The molecule has 5 rings (SSSR count). The fourth-order valence-electron chi connectivity index (χ4n) is 3.92. The summed E-state index contributed by atoms with van der Waals surface area (Å²) in [4.78, 5) is 22.6. The fourth-order valence-corrected chi connectivity index (χ4v) is 5.04. The van der Waals surface area contributed by atoms with Crippen LogP contribution in [0.25, 0.3) is 31.8 Å². The number of imidazole rings is 1. The van der Waals surface area contributed by atoms with E-state index in [4.69, 9.17) is 0 Å². The van der Waals surface area contributed by atoms with Gasteiger partial charge >= 0.3 is 6.03 Å². The van der Waals surface area contributed by atoms with Crippen molar-refractivity contribution in [1.29, 1.82) is 0 Å². The molecule has 0 radical (unpaired) electrons. The second-order valence-electron chi connectivity index (χ2n) is 7.80. The van der Waals surface area contributed by atoms with Gasteiger partial charge in [-0.1, -0.05) is 6.92 Å². The number of carbonyl (C=O) groups excluding carboxylic acids is 1. The van der Waals surface area contributed by atoms with E-state index in [-0.39, 0.29) is 6.03 Å². The van der Waals surface area contributed by atoms with Crippen LogP contribution in [0.4, 0.5) is 16.2 Å². The molecule has 4 aromatic heterocycles. The number of hydrogen-bond donors (Lipinski definition) is 2. The Morgan fingerprint density at radius 2 is 2.00 bits per heavy atom. The summed E-state index contributed by atoms with van der Waals surface area (Å²) in [5, 5.41) is 7.51. The highest BCUT2D eigenvalue weighted by atomic mass is 32.1. The molecule has 1 amide bonds. The number of rotatable bonds is 5. The summed E-state index contributed by atoms with van der Waals surface area (Å²) in [5.74, 6) is 0.929. The first kappa shape index (κ1) is 20.3. The van der Waals surface area contributed by atoms with Crippen molar-refractivity contribution in [1.82, 2.24) is 24.4 Å². The number of anilines is 2. The van der Waals surface area contributed by atoms with Gasteiger partial charge in [-0.15, -0.1) is 11.3 Å². The van der Waals surface area contributed by atoms with E-state index in [1.165, 1.54) is 0 Å². The molecule has 4 heterocycles. The minimum atomic E-state index is -0.0868. The van der Waals surface area contributed by atoms with Crippen molar-refractivity contribution in [2.45, 2.75) is 20.3 Å². The van der Waals surface area contributed by atoms with Gasteiger partial charge in [0.1, 0.15) is 5.82 Å². The van der Waals surface area contributed by atoms with Crippen molar-refractivity contribution in [3.05, 3.63) is 60.7 Å². The smallest absolute Gasteiger partial charge is 0.326 e. The van der Waals surface area contributed by atoms with Crippen LogP contribution in [-0.4, -0.2) is 31.7 Å². The summed E-state index contributed by atoms with van der Waals surface area (Å²) in [7, 11) is 1.99. The Bertz CT molecular complexity index is 1440. The lowest BCUT2D eigenvalue weighted by Crippen LogP contribution is -2.29. The number of aryl methyl sites for hydroxylation is 2. The minimum Gasteiger partial charge on any atom is -0.354 e. The zero-order valence-electron chi connectivity index (χ0n) is 18.2. The Hall–Kier alpha value is -3.65. The number of fused-ring (bicyclic) bond motifs is 2. The van der Waals surface area contributed by atoms with Gasteiger partial charge in [0, 0.05) is 49.0 Å². The topological polar surface area (TPSA) is 76.8 Å². The molecule has 7 nitrogen and oxygen atoms in total. The molecule has 0 aliphatic heterocycles. The monoisotopic (exact) mass is 444 g/mol. The Kier molecular flexibility index (Phi) is 5.14. The molecule has 0 spiro atoms. The van der Waals surface area contributed by atoms with Crippen LogP contribution >= 0.6 is 11.3 Å². The van der Waals surface area contributed by atoms with Crippen LogP contribution < -0.4 is 10.6 Å². The zero-order chi connectivity index (χ0) is 22.2. The van der Waals surface area contributed by atoms with Crippen LogP contribution in [0.2, 0.25) is 0 Å². The molecule has 0 saturated carbocycles. The summed E-state index contributed by atoms with van der Waals surface area (Å²) < 4.78 is 4.83. The maximum Gasteiger partial charge on any atom is 0.326 e. The lowest BCUT2D eigenvalue weighted by molar-refractivity contribution is 0.243. The van der Waals surface area contributed by atoms with Gasteiger partial charge in [0.05, 0.1) is 26.3 Å². The predicted octanol–water partition coefficient (Wildman–Crippen LogP) is 5.67. The third-order valence-electron chi connectivity index (χ3n) is 5.45. The molecule has 2 N–H and O–H groups in total. The molecule has 162 valence electrons. The van der Waals surface area contributed by atoms with Gasteiger partial charge in [-0.3, -0.25) is 9.55 Å². The molecule has 0 saturated heterocycles. The summed E-state index contributed by atoms with van der Waals surface area (Å²) >= 11 is 1.67. The highest BCUT2D eigenvalue weighted by molar-refractivity contribution is 7.22. The highest BCUT2D eigenvalue weighted by Crippen LogP contribution is 2.37. The lowest BCUT2D eigenvalue weighted by atomic mass is 10.2. The normalized spacial score (nSPS) is 11.3. The Balaban J connectivity index is 1.49. The lowest BCUT2D eigenvalue weighted by Gasteiger charge is -2.10. The van der Waals surface area contributed by atoms with E-state index in [1.807, 2.05) is 62.1 Å². The molecule has 32 heavy (non-hydrogen) atoms. The number of amides is 1. The maximum absolute atomic E-state index is 12.6. The second-order valence-corrected chi connectivity index (χ2v) is 8.85. The predicted molar refractivity (Wildman–Crippen MR) is 131 cm³/mol. The van der Waals surface area contributed by atoms with Crippen molar-refractivity contribution >= 4 is 49.9 Å². The van der Waals surface area contributed by atoms with Gasteiger partial charge in [-0.05, 0) is 49.7 Å². The molecule has 5 aromatic rings. The van der Waals surface area contributed by atoms with Gasteiger partial charge in [-0.2, -0.15) is 0 Å². The Morgan fingerprint density at radius 1 is 1.12 bits per heavy atom. The van der Waals surface area contributed by atoms with Crippen molar-refractivity contribution in [3.63, 3.8) is 0 Å². The molecule has 0 unspecified atom stereocenters. The molecular weight excluding hydrogens is 420 g/mol. The van der Waals surface area contributed by atoms with E-state index in [9.17, 15) is 4.79 Å². The van der Waals surface area contributed by atoms with E-state index in [2.05, 4.69) is 32.7 Å². The zero-order valence-corrected chi connectivity index (χ0v) is 19.0. The van der Waals surface area contributed by atoms with Crippen LogP contribution in [0.1, 0.15) is 19.0 Å². The number of carbonyl (C=O) groups is 1. The van der Waals surface area contributed by atoms with E-state index in [1.54, 1.807) is 22.1 Å². The maximum atomic E-state index is 12.6. The number of thiophene rings is 1. The van der Waals surface area contributed by atoms with Crippen LogP contribution in [0.5, 0.6) is 0 Å². The Morgan fingerprint density at radius 3 is 2.78 bits per heavy atom. The standard InChI is InChI=1S/C24H24N6OS/c1-4-8-27-24(31)30-15(2)12-16-13-17(5-6-20(16)30)28-18-7-9-25-19-14-21(32-22(18)19)23-26-10-11-29(23)3/h5-7,9-14H,4,8H2,1-3H3,(H,25,28)(H,27,31). The van der Waals surface area contributed by atoms with Gasteiger partial charge < -0.3 is 15.2 Å². The third kappa shape index (κ3) is 3.52. The van der Waals surface area contributed by atoms with Crippen molar-refractivity contribution in [3.8, 4) is 10.7 Å². The molecule has 1 aromatic carbocycles. The minimum absolute atomic E-state index is 0.0868. The van der Waals surface area contributed by atoms with Gasteiger partial charge in [-0.25, -0.2) is 9.78 Å². The summed E-state index contributed by atoms with van der Waals surface area (Å²) in [6.07, 6.45) is 6.47. The number of benzene rings is 1. The van der Waals surface area contributed by atoms with Crippen LogP contribution in [0.3, 0.4) is 0 Å². The second kappa shape index (κ2) is 8.12. The summed E-state index contributed by atoms with van der Waals surface area (Å²) in [6.45, 7) is 4.66. The quantitative estimate of drug-likeness (QED) is 0.366. The van der Waals surface area contributed by atoms with Gasteiger partial charge in [0.25, 0.3) is 0 Å². The third-order valence-corrected chi connectivity index (χ3v) is 6.60. The molecular formula is C24H24N6OS. The molecule has 0 bridgehead atoms. The van der Waals surface area contributed by atoms with Crippen molar-refractivity contribution in [2.75, 3.05) is 11.9 Å². The number of aromatic nitrogens is 4. The molecule has 0 aliphatic rings. The first-order valence-corrected chi connectivity index (χ1v) is 11.4. The number of nitrogens with one attached hydrogen (secondary N) is 2. The average Bonchev–Trinajstić information content (AvgIpc) is 3.47. The number of pyridine rings is 1. The molecule has 8 heteroatoms. The summed E-state index contributed by atoms with van der Waals surface area (Å²) in [5.41, 5.74) is 4.71. The molecule has 0 fully saturated rings. The van der Waals surface area contributed by atoms with Crippen LogP contribution in [0, 0.1) is 6.92 Å². The van der Waals surface area contributed by atoms with E-state index in [0.29, 0.717) is 6.54 Å². The van der Waals surface area contributed by atoms with Crippen molar-refractivity contribution < 1.29 is 4.79 Å². The first-order valence-electron chi connectivity index (χ1n) is 10.6. The SMILES string of the molecule is CCCNC(=O)n1c(C)cc2cc(Nc3ccnc4cc(-c5nccn5C)sc34)ccc21. The van der Waals surface area contributed by atoms with Gasteiger partial charge in [0.15, 0.2) is 0 Å². The number of hydrogen-bond acceptors (Lipinski definition) is 5. The first-order chi connectivity index (χ1) is 15.5. The molecule has 0 aliphatic carbocycles. The van der Waals surface area contributed by atoms with Gasteiger partial charge in [0.2, 0.25) is 0 Å². The summed E-state index contributed by atoms with van der Waals surface area (Å²) in [6, 6.07) is 12.1. The molecule has 0 atom stereocenters. The van der Waals surface area contributed by atoms with Crippen molar-refractivity contribution in [2.24, 2.45) is 7.05 Å². The van der Waals surface area contributed by atoms with Crippen LogP contribution in [0.15, 0.2) is 55.0 Å². The average molecular weight is 445 g/mol. The van der Waals surface area contributed by atoms with Crippen LogP contribution in [-0.2, 0) is 7.05 Å². The highest BCUT2D eigenvalue weighted by Gasteiger charge is 2.14. The van der Waals surface area contributed by atoms with E-state index in [0.717, 1.165) is 55.3 Å². The fraction of sp³-hybridized carbons (Fsp3) is 0.208. The van der Waals surface area contributed by atoms with E-state index < -0.39 is 0 Å². The largest absolute Gasteiger partial charge is 0.354 e. The Labute approximate surface area is 189 Å². The number of nitrogens with zero attached hydrogens (tertiary/aromatic N) is 4.